The maximum absolute atomic E-state index is 12.7. The lowest BCUT2D eigenvalue weighted by molar-refractivity contribution is -0.121. The average molecular weight is 422 g/mol. The molecule has 7 nitrogen and oxygen atoms in total. The van der Waals surface area contributed by atoms with E-state index in [2.05, 4.69) is 44.6 Å². The first-order valence-electron chi connectivity index (χ1n) is 11.0. The van der Waals surface area contributed by atoms with Crippen molar-refractivity contribution in [2.75, 3.05) is 32.8 Å². The molecule has 0 saturated carbocycles. The Morgan fingerprint density at radius 1 is 1.16 bits per heavy atom. The molecule has 1 aliphatic rings. The first-order valence-corrected chi connectivity index (χ1v) is 11.0. The van der Waals surface area contributed by atoms with Crippen LogP contribution in [0.5, 0.6) is 0 Å². The zero-order valence-electron chi connectivity index (χ0n) is 18.6. The van der Waals surface area contributed by atoms with Crippen LogP contribution in [0.3, 0.4) is 0 Å². The number of amides is 1. The molecule has 1 atom stereocenters. The monoisotopic (exact) mass is 421 g/mol. The number of hydrogen-bond donors (Lipinski definition) is 1. The Morgan fingerprint density at radius 3 is 2.65 bits per heavy atom. The van der Waals surface area contributed by atoms with Gasteiger partial charge in [0.05, 0.1) is 24.9 Å². The van der Waals surface area contributed by atoms with Crippen LogP contribution in [0.4, 0.5) is 0 Å². The van der Waals surface area contributed by atoms with E-state index >= 15 is 0 Å². The highest BCUT2D eigenvalue weighted by molar-refractivity contribution is 5.76. The number of benzene rings is 1. The summed E-state index contributed by atoms with van der Waals surface area (Å²) in [4.78, 5) is 19.8. The predicted octanol–water partition coefficient (Wildman–Crippen LogP) is 2.78. The fourth-order valence-corrected chi connectivity index (χ4v) is 4.36. The van der Waals surface area contributed by atoms with Crippen molar-refractivity contribution >= 4 is 11.6 Å². The molecule has 0 spiro atoms. The molecule has 7 heteroatoms. The van der Waals surface area contributed by atoms with Gasteiger partial charge in [-0.05, 0) is 38.3 Å². The zero-order valence-corrected chi connectivity index (χ0v) is 18.6. The Labute approximate surface area is 183 Å². The van der Waals surface area contributed by atoms with E-state index in [1.807, 2.05) is 37.4 Å². The largest absolute Gasteiger partial charge is 0.379 e. The number of carbonyl (C=O) groups is 1. The number of aromatic nitrogens is 3. The Balaban J connectivity index is 1.40. The van der Waals surface area contributed by atoms with Crippen molar-refractivity contribution in [2.24, 2.45) is 0 Å². The quantitative estimate of drug-likeness (QED) is 0.635. The first kappa shape index (κ1) is 21.5. The number of fused-ring (bicyclic) bond motifs is 1. The van der Waals surface area contributed by atoms with Crippen LogP contribution < -0.4 is 5.32 Å². The molecule has 1 aliphatic heterocycles. The van der Waals surface area contributed by atoms with Gasteiger partial charge in [-0.15, -0.1) is 0 Å². The van der Waals surface area contributed by atoms with Gasteiger partial charge in [0, 0.05) is 43.5 Å². The Bertz CT molecular complexity index is 1040. The van der Waals surface area contributed by atoms with E-state index in [0.29, 0.717) is 19.4 Å². The van der Waals surface area contributed by atoms with Gasteiger partial charge in [-0.25, -0.2) is 9.50 Å². The van der Waals surface area contributed by atoms with E-state index in [0.717, 1.165) is 54.6 Å². The molecule has 1 saturated heterocycles. The second-order valence-corrected chi connectivity index (χ2v) is 8.20. The van der Waals surface area contributed by atoms with Crippen LogP contribution in [-0.4, -0.2) is 58.3 Å². The molecule has 1 N–H and O–H groups in total. The minimum Gasteiger partial charge on any atom is -0.379 e. The molecule has 3 heterocycles. The molecule has 0 unspecified atom stereocenters. The van der Waals surface area contributed by atoms with E-state index in [1.54, 1.807) is 0 Å². The summed E-state index contributed by atoms with van der Waals surface area (Å²) < 4.78 is 7.39. The van der Waals surface area contributed by atoms with Gasteiger partial charge >= 0.3 is 0 Å². The van der Waals surface area contributed by atoms with Gasteiger partial charge in [0.2, 0.25) is 5.91 Å². The van der Waals surface area contributed by atoms with E-state index < -0.39 is 0 Å². The van der Waals surface area contributed by atoms with E-state index in [9.17, 15) is 4.79 Å². The lowest BCUT2D eigenvalue weighted by Gasteiger charge is -2.35. The summed E-state index contributed by atoms with van der Waals surface area (Å²) >= 11 is 0. The summed E-state index contributed by atoms with van der Waals surface area (Å²) in [6.07, 6.45) is 1.08. The second-order valence-electron chi connectivity index (χ2n) is 8.20. The molecule has 3 aromatic rings. The summed E-state index contributed by atoms with van der Waals surface area (Å²) in [7, 11) is 0. The van der Waals surface area contributed by atoms with Crippen molar-refractivity contribution in [3.8, 4) is 0 Å². The first-order chi connectivity index (χ1) is 15.0. The topological polar surface area (TPSA) is 71.8 Å². The lowest BCUT2D eigenvalue weighted by atomic mass is 10.0. The third kappa shape index (κ3) is 4.94. The molecule has 0 aliphatic carbocycles. The summed E-state index contributed by atoms with van der Waals surface area (Å²) in [6.45, 7) is 9.84. The number of hydrogen-bond acceptors (Lipinski definition) is 5. The van der Waals surface area contributed by atoms with Crippen LogP contribution >= 0.6 is 0 Å². The fourth-order valence-electron chi connectivity index (χ4n) is 4.36. The molecule has 0 radical (unpaired) electrons. The molecular formula is C24H31N5O2. The molecule has 1 amide bonds. The van der Waals surface area contributed by atoms with Crippen LogP contribution in [0.1, 0.15) is 40.7 Å². The smallest absolute Gasteiger partial charge is 0.220 e. The summed E-state index contributed by atoms with van der Waals surface area (Å²) in [5.41, 5.74) is 6.14. The third-order valence-electron chi connectivity index (χ3n) is 6.05. The Hall–Kier alpha value is -2.77. The molecule has 0 bridgehead atoms. The van der Waals surface area contributed by atoms with Crippen molar-refractivity contribution in [3.05, 3.63) is 64.6 Å². The number of ether oxygens (including phenoxy) is 1. The van der Waals surface area contributed by atoms with Crippen LogP contribution in [0.15, 0.2) is 36.4 Å². The lowest BCUT2D eigenvalue weighted by Crippen LogP contribution is -2.43. The number of nitrogens with one attached hydrogen (secondary N) is 1. The second kappa shape index (κ2) is 9.58. The normalized spacial score (nSPS) is 15.8. The van der Waals surface area contributed by atoms with Gasteiger partial charge in [-0.1, -0.05) is 30.3 Å². The van der Waals surface area contributed by atoms with Crippen molar-refractivity contribution in [3.63, 3.8) is 0 Å². The maximum atomic E-state index is 12.7. The van der Waals surface area contributed by atoms with E-state index in [4.69, 9.17) is 4.74 Å². The number of nitrogens with zero attached hydrogens (tertiary/aromatic N) is 4. The van der Waals surface area contributed by atoms with Gasteiger partial charge < -0.3 is 10.1 Å². The van der Waals surface area contributed by atoms with Gasteiger partial charge in [-0.2, -0.15) is 5.10 Å². The summed E-state index contributed by atoms with van der Waals surface area (Å²) in [5, 5.41) is 7.69. The van der Waals surface area contributed by atoms with Crippen LogP contribution in [0.2, 0.25) is 0 Å². The molecule has 1 aromatic carbocycles. The number of rotatable bonds is 7. The highest BCUT2D eigenvalue weighted by Crippen LogP contribution is 2.21. The molecule has 31 heavy (non-hydrogen) atoms. The summed E-state index contributed by atoms with van der Waals surface area (Å²) in [5.74, 6) is 0.0599. The van der Waals surface area contributed by atoms with Gasteiger partial charge in [0.15, 0.2) is 5.65 Å². The fraction of sp³-hybridized carbons (Fsp3) is 0.458. The predicted molar refractivity (Wildman–Crippen MR) is 120 cm³/mol. The standard InChI is InChI=1S/C24H31N5O2/c1-17-15-23-26-18(2)21(19(3)29(23)27-17)9-10-24(30)25-16-22(20-7-5-4-6-8-20)28-11-13-31-14-12-28/h4-8,15,22H,9-14,16H2,1-3H3,(H,25,30)/t22-/m1/s1. The average Bonchev–Trinajstić information content (AvgIpc) is 3.15. The van der Waals surface area contributed by atoms with Crippen molar-refractivity contribution in [1.29, 1.82) is 0 Å². The molecule has 2 aromatic heterocycles. The van der Waals surface area contributed by atoms with Crippen LogP contribution in [0.25, 0.3) is 5.65 Å². The molecule has 1 fully saturated rings. The third-order valence-corrected chi connectivity index (χ3v) is 6.05. The zero-order chi connectivity index (χ0) is 21.8. The molecule has 4 rings (SSSR count). The van der Waals surface area contributed by atoms with Crippen molar-refractivity contribution in [1.82, 2.24) is 24.8 Å². The SMILES string of the molecule is Cc1cc2nc(C)c(CCC(=O)NC[C@H](c3ccccc3)N3CCOCC3)c(C)n2n1. The summed E-state index contributed by atoms with van der Waals surface area (Å²) in [6, 6.07) is 12.5. The minimum atomic E-state index is 0.0599. The molecular weight excluding hydrogens is 390 g/mol. The number of aryl methyl sites for hydroxylation is 3. The van der Waals surface area contributed by atoms with Gasteiger partial charge in [0.25, 0.3) is 0 Å². The van der Waals surface area contributed by atoms with Gasteiger partial charge in [0.1, 0.15) is 0 Å². The number of morpholine rings is 1. The maximum Gasteiger partial charge on any atom is 0.220 e. The van der Waals surface area contributed by atoms with E-state index in [-0.39, 0.29) is 11.9 Å². The van der Waals surface area contributed by atoms with Crippen molar-refractivity contribution in [2.45, 2.75) is 39.7 Å². The van der Waals surface area contributed by atoms with Crippen LogP contribution in [-0.2, 0) is 16.0 Å². The molecule has 164 valence electrons. The van der Waals surface area contributed by atoms with Crippen molar-refractivity contribution < 1.29 is 9.53 Å². The number of carbonyl (C=O) groups excluding carboxylic acids is 1. The Kier molecular flexibility index (Phi) is 6.63. The Morgan fingerprint density at radius 2 is 1.90 bits per heavy atom. The highest BCUT2D eigenvalue weighted by atomic mass is 16.5. The van der Waals surface area contributed by atoms with Crippen LogP contribution in [0, 0.1) is 20.8 Å². The van der Waals surface area contributed by atoms with Gasteiger partial charge in [-0.3, -0.25) is 9.69 Å². The minimum absolute atomic E-state index is 0.0599. The van der Waals surface area contributed by atoms with E-state index in [1.165, 1.54) is 5.56 Å². The highest BCUT2D eigenvalue weighted by Gasteiger charge is 2.23.